The number of carbonyl (C=O) groups excluding carboxylic acids is 2. The SMILES string of the molecule is CC1=C2N(C)C(=O)CC[C@]2(C)[C@H]2CC[C@]3(C)[C@@H](C(=O)NCc4cc(C5CC5)[nH]n4)CC[C@H]3[C@@H]2C1. The van der Waals surface area contributed by atoms with Crippen molar-refractivity contribution in [1.29, 1.82) is 0 Å². The van der Waals surface area contributed by atoms with Gasteiger partial charge in [-0.3, -0.25) is 14.7 Å². The molecule has 0 spiro atoms. The Labute approximate surface area is 203 Å². The smallest absolute Gasteiger partial charge is 0.226 e. The first-order valence-electron chi connectivity index (χ1n) is 13.5. The molecule has 6 rings (SSSR count). The Kier molecular flexibility index (Phi) is 5.06. The van der Waals surface area contributed by atoms with Crippen LogP contribution in [0.2, 0.25) is 0 Å². The molecule has 3 saturated carbocycles. The van der Waals surface area contributed by atoms with E-state index in [4.69, 9.17) is 0 Å². The van der Waals surface area contributed by atoms with Crippen LogP contribution in [0.5, 0.6) is 0 Å². The van der Waals surface area contributed by atoms with Gasteiger partial charge in [0.1, 0.15) is 0 Å². The Balaban J connectivity index is 1.19. The summed E-state index contributed by atoms with van der Waals surface area (Å²) in [5, 5.41) is 10.8. The van der Waals surface area contributed by atoms with Crippen LogP contribution in [0.3, 0.4) is 0 Å². The molecule has 0 bridgehead atoms. The van der Waals surface area contributed by atoms with Gasteiger partial charge in [-0.05, 0) is 87.5 Å². The number of H-pyrrole nitrogens is 1. The molecule has 0 aromatic carbocycles. The molecule has 1 aliphatic heterocycles. The molecule has 4 fully saturated rings. The summed E-state index contributed by atoms with van der Waals surface area (Å²) in [6.45, 7) is 7.60. The summed E-state index contributed by atoms with van der Waals surface area (Å²) in [6, 6.07) is 2.13. The largest absolute Gasteiger partial charge is 0.350 e. The van der Waals surface area contributed by atoms with Gasteiger partial charge in [-0.15, -0.1) is 0 Å². The molecular formula is C28H40N4O2. The molecule has 1 saturated heterocycles. The fourth-order valence-electron chi connectivity index (χ4n) is 8.91. The molecule has 2 amide bonds. The number of piperidine rings is 1. The van der Waals surface area contributed by atoms with Gasteiger partial charge in [-0.25, -0.2) is 0 Å². The topological polar surface area (TPSA) is 78.1 Å². The molecule has 6 nitrogen and oxygen atoms in total. The molecule has 2 N–H and O–H groups in total. The Morgan fingerprint density at radius 1 is 1.18 bits per heavy atom. The summed E-state index contributed by atoms with van der Waals surface area (Å²) >= 11 is 0. The van der Waals surface area contributed by atoms with Gasteiger partial charge in [0.05, 0.1) is 12.2 Å². The standard InChI is InChI=1S/C28H40N4O2/c1-16-13-19-20-7-8-22(26(34)29-15-18-14-23(31-30-18)17-5-6-17)27(20,2)11-9-21(19)28(3)12-10-24(33)32(4)25(16)28/h14,17,19-22H,5-13,15H2,1-4H3,(H,29,34)(H,30,31)/t19-,20-,21-,22+,27-,28+/m0/s1. The van der Waals surface area contributed by atoms with Crippen LogP contribution >= 0.6 is 0 Å². The summed E-state index contributed by atoms with van der Waals surface area (Å²) in [5.41, 5.74) is 5.05. The van der Waals surface area contributed by atoms with Crippen molar-refractivity contribution in [2.24, 2.45) is 34.5 Å². The van der Waals surface area contributed by atoms with E-state index >= 15 is 0 Å². The van der Waals surface area contributed by atoms with Crippen LogP contribution in [0.1, 0.15) is 95.9 Å². The molecular weight excluding hydrogens is 424 g/mol. The molecule has 1 aromatic heterocycles. The number of hydrogen-bond donors (Lipinski definition) is 2. The van der Waals surface area contributed by atoms with Crippen LogP contribution in [0.15, 0.2) is 17.3 Å². The first-order valence-corrected chi connectivity index (χ1v) is 13.5. The first kappa shape index (κ1) is 22.4. The summed E-state index contributed by atoms with van der Waals surface area (Å²) in [7, 11) is 1.98. The number of nitrogens with one attached hydrogen (secondary N) is 2. The Bertz CT molecular complexity index is 1050. The lowest BCUT2D eigenvalue weighted by Gasteiger charge is -2.59. The highest BCUT2D eigenvalue weighted by Gasteiger charge is 2.61. The third-order valence-electron chi connectivity index (χ3n) is 10.7. The van der Waals surface area contributed by atoms with Crippen molar-refractivity contribution in [2.75, 3.05) is 7.05 Å². The molecule has 0 radical (unpaired) electrons. The van der Waals surface area contributed by atoms with Gasteiger partial charge in [-0.1, -0.05) is 19.4 Å². The lowest BCUT2D eigenvalue weighted by atomic mass is 9.48. The number of carbonyl (C=O) groups is 2. The van der Waals surface area contributed by atoms with E-state index in [1.165, 1.54) is 36.2 Å². The van der Waals surface area contributed by atoms with E-state index in [1.54, 1.807) is 0 Å². The fraction of sp³-hybridized carbons (Fsp3) is 0.750. The van der Waals surface area contributed by atoms with Crippen LogP contribution in [0.4, 0.5) is 0 Å². The minimum atomic E-state index is 0.0700. The van der Waals surface area contributed by atoms with Gasteiger partial charge in [0.2, 0.25) is 11.8 Å². The van der Waals surface area contributed by atoms with Crippen molar-refractivity contribution in [3.8, 4) is 0 Å². The molecule has 0 unspecified atom stereocenters. The van der Waals surface area contributed by atoms with Crippen molar-refractivity contribution >= 4 is 11.8 Å². The Morgan fingerprint density at radius 2 is 1.97 bits per heavy atom. The van der Waals surface area contributed by atoms with E-state index in [-0.39, 0.29) is 28.6 Å². The van der Waals surface area contributed by atoms with Gasteiger partial charge in [0.15, 0.2) is 0 Å². The lowest BCUT2D eigenvalue weighted by Crippen LogP contribution is -2.55. The molecule has 184 valence electrons. The molecule has 4 aliphatic carbocycles. The highest BCUT2D eigenvalue weighted by molar-refractivity contribution is 5.80. The van der Waals surface area contributed by atoms with Gasteiger partial charge < -0.3 is 10.2 Å². The molecule has 6 atom stereocenters. The van der Waals surface area contributed by atoms with Crippen LogP contribution < -0.4 is 5.32 Å². The fourth-order valence-corrected chi connectivity index (χ4v) is 8.91. The van der Waals surface area contributed by atoms with E-state index in [0.717, 1.165) is 37.8 Å². The zero-order chi connectivity index (χ0) is 23.8. The average molecular weight is 465 g/mol. The van der Waals surface area contributed by atoms with Crippen molar-refractivity contribution < 1.29 is 9.59 Å². The van der Waals surface area contributed by atoms with Crippen LogP contribution in [0.25, 0.3) is 0 Å². The number of allylic oxidation sites excluding steroid dienone is 2. The second-order valence-electron chi connectivity index (χ2n) is 12.6. The molecule has 2 heterocycles. The maximum absolute atomic E-state index is 13.4. The van der Waals surface area contributed by atoms with Crippen molar-refractivity contribution in [2.45, 2.75) is 91.0 Å². The van der Waals surface area contributed by atoms with E-state index < -0.39 is 0 Å². The monoisotopic (exact) mass is 464 g/mol. The van der Waals surface area contributed by atoms with E-state index in [1.807, 2.05) is 11.9 Å². The molecule has 6 heteroatoms. The predicted molar refractivity (Wildman–Crippen MR) is 130 cm³/mol. The number of amides is 2. The highest BCUT2D eigenvalue weighted by Crippen LogP contribution is 2.66. The van der Waals surface area contributed by atoms with Crippen LogP contribution in [0, 0.1) is 34.5 Å². The number of nitrogens with zero attached hydrogens (tertiary/aromatic N) is 2. The van der Waals surface area contributed by atoms with E-state index in [2.05, 4.69) is 42.4 Å². The minimum absolute atomic E-state index is 0.0700. The number of hydrogen-bond acceptors (Lipinski definition) is 3. The maximum Gasteiger partial charge on any atom is 0.226 e. The second-order valence-corrected chi connectivity index (χ2v) is 12.6. The van der Waals surface area contributed by atoms with Gasteiger partial charge in [-0.2, -0.15) is 5.10 Å². The zero-order valence-electron chi connectivity index (χ0n) is 21.2. The summed E-state index contributed by atoms with van der Waals surface area (Å²) < 4.78 is 0. The Morgan fingerprint density at radius 3 is 2.74 bits per heavy atom. The lowest BCUT2D eigenvalue weighted by molar-refractivity contribution is -0.138. The van der Waals surface area contributed by atoms with E-state index in [0.29, 0.717) is 36.6 Å². The van der Waals surface area contributed by atoms with Crippen molar-refractivity contribution in [3.63, 3.8) is 0 Å². The number of rotatable bonds is 4. The number of aromatic amines is 1. The summed E-state index contributed by atoms with van der Waals surface area (Å²) in [6.07, 6.45) is 9.65. The van der Waals surface area contributed by atoms with Gasteiger partial charge in [0, 0.05) is 42.1 Å². The molecule has 34 heavy (non-hydrogen) atoms. The zero-order valence-corrected chi connectivity index (χ0v) is 21.2. The maximum atomic E-state index is 13.4. The van der Waals surface area contributed by atoms with Gasteiger partial charge in [0.25, 0.3) is 0 Å². The van der Waals surface area contributed by atoms with Crippen molar-refractivity contribution in [3.05, 3.63) is 28.7 Å². The van der Waals surface area contributed by atoms with Crippen molar-refractivity contribution in [1.82, 2.24) is 20.4 Å². The van der Waals surface area contributed by atoms with Crippen LogP contribution in [-0.4, -0.2) is 34.0 Å². The molecule has 5 aliphatic rings. The number of aromatic nitrogens is 2. The summed E-state index contributed by atoms with van der Waals surface area (Å²) in [4.78, 5) is 27.9. The normalized spacial score (nSPS) is 39.5. The number of likely N-dealkylation sites (tertiary alicyclic amines) is 1. The first-order chi connectivity index (χ1) is 16.2. The predicted octanol–water partition coefficient (Wildman–Crippen LogP) is 4.90. The third kappa shape index (κ3) is 3.23. The second kappa shape index (κ2) is 7.69. The third-order valence-corrected chi connectivity index (χ3v) is 10.7. The van der Waals surface area contributed by atoms with Crippen LogP contribution in [-0.2, 0) is 16.1 Å². The summed E-state index contributed by atoms with van der Waals surface area (Å²) in [5.74, 6) is 3.06. The molecule has 1 aromatic rings. The quantitative estimate of drug-likeness (QED) is 0.665. The van der Waals surface area contributed by atoms with E-state index in [9.17, 15) is 9.59 Å². The van der Waals surface area contributed by atoms with Gasteiger partial charge >= 0.3 is 0 Å². The number of fused-ring (bicyclic) bond motifs is 5. The highest BCUT2D eigenvalue weighted by atomic mass is 16.2. The average Bonchev–Trinajstić information content (AvgIpc) is 3.43. The Hall–Kier alpha value is -2.11. The minimum Gasteiger partial charge on any atom is -0.350 e.